The summed E-state index contributed by atoms with van der Waals surface area (Å²) in [5.41, 5.74) is -0.705. The lowest BCUT2D eigenvalue weighted by Crippen LogP contribution is -2.08. The van der Waals surface area contributed by atoms with Gasteiger partial charge in [0, 0.05) is 0 Å². The smallest absolute Gasteiger partial charge is 0.392 e. The van der Waals surface area contributed by atoms with Crippen LogP contribution in [0.3, 0.4) is 0 Å². The molecule has 1 aromatic rings. The van der Waals surface area contributed by atoms with Gasteiger partial charge < -0.3 is 5.11 Å². The zero-order valence-corrected chi connectivity index (χ0v) is 9.18. The van der Waals surface area contributed by atoms with Crippen molar-refractivity contribution in [1.82, 2.24) is 0 Å². The number of benzene rings is 1. The van der Waals surface area contributed by atoms with E-state index in [1.807, 2.05) is 0 Å². The van der Waals surface area contributed by atoms with Crippen LogP contribution in [0.2, 0.25) is 0 Å². The molecule has 0 heterocycles. The first-order valence-corrected chi connectivity index (χ1v) is 5.05. The number of hydrogen-bond acceptors (Lipinski definition) is 1. The summed E-state index contributed by atoms with van der Waals surface area (Å²) < 4.78 is 50.7. The monoisotopic (exact) mass is 248 g/mol. The highest BCUT2D eigenvalue weighted by molar-refractivity contribution is 5.57. The predicted molar refractivity (Wildman–Crippen MR) is 56.8 cm³/mol. The van der Waals surface area contributed by atoms with Crippen molar-refractivity contribution in [3.05, 3.63) is 40.7 Å². The minimum Gasteiger partial charge on any atom is -0.392 e. The average Bonchev–Trinajstić information content (AvgIpc) is 2.26. The van der Waals surface area contributed by atoms with Gasteiger partial charge in [-0.3, -0.25) is 0 Å². The highest BCUT2D eigenvalue weighted by Crippen LogP contribution is 2.33. The first-order chi connectivity index (χ1) is 7.88. The molecule has 0 unspecified atom stereocenters. The second-order valence-electron chi connectivity index (χ2n) is 3.54. The van der Waals surface area contributed by atoms with Crippen molar-refractivity contribution in [2.45, 2.75) is 19.5 Å². The Hall–Kier alpha value is -1.36. The first-order valence-electron chi connectivity index (χ1n) is 5.05. The molecule has 0 aromatic heterocycles. The van der Waals surface area contributed by atoms with E-state index >= 15 is 0 Å². The Bertz CT molecular complexity index is 415. The zero-order chi connectivity index (χ0) is 13.1. The van der Waals surface area contributed by atoms with Gasteiger partial charge in [0.2, 0.25) is 0 Å². The van der Waals surface area contributed by atoms with Gasteiger partial charge in [-0.2, -0.15) is 13.2 Å². The van der Waals surface area contributed by atoms with E-state index < -0.39 is 17.6 Å². The van der Waals surface area contributed by atoms with Crippen molar-refractivity contribution in [3.8, 4) is 0 Å². The number of rotatable bonds is 3. The standard InChI is InChI=1S/C12H12F4O/c1-2-8(7-17)5-9-3-4-10(13)6-11(9)12(14,15)16/h3-6,17H,2,7H2,1H3/b8-5-. The third-order valence-corrected chi connectivity index (χ3v) is 2.34. The lowest BCUT2D eigenvalue weighted by Gasteiger charge is -2.11. The minimum absolute atomic E-state index is 0.134. The van der Waals surface area contributed by atoms with Gasteiger partial charge in [0.15, 0.2) is 0 Å². The Morgan fingerprint density at radius 1 is 1.35 bits per heavy atom. The second kappa shape index (κ2) is 5.31. The summed E-state index contributed by atoms with van der Waals surface area (Å²) in [6, 6.07) is 2.48. The molecule has 94 valence electrons. The quantitative estimate of drug-likeness (QED) is 0.810. The van der Waals surface area contributed by atoms with E-state index in [1.165, 1.54) is 6.08 Å². The van der Waals surface area contributed by atoms with Crippen LogP contribution in [-0.4, -0.2) is 11.7 Å². The molecule has 0 saturated carbocycles. The molecule has 1 N–H and O–H groups in total. The highest BCUT2D eigenvalue weighted by atomic mass is 19.4. The molecule has 17 heavy (non-hydrogen) atoms. The lowest BCUT2D eigenvalue weighted by molar-refractivity contribution is -0.137. The van der Waals surface area contributed by atoms with Crippen LogP contribution in [-0.2, 0) is 6.18 Å². The number of halogens is 4. The normalized spacial score (nSPS) is 12.9. The summed E-state index contributed by atoms with van der Waals surface area (Å²) in [5, 5.41) is 8.91. The van der Waals surface area contributed by atoms with Crippen LogP contribution >= 0.6 is 0 Å². The van der Waals surface area contributed by atoms with Crippen LogP contribution in [0.25, 0.3) is 6.08 Å². The third-order valence-electron chi connectivity index (χ3n) is 2.34. The molecule has 0 saturated heterocycles. The summed E-state index contributed by atoms with van der Waals surface area (Å²) in [7, 11) is 0. The molecule has 1 rings (SSSR count). The summed E-state index contributed by atoms with van der Waals surface area (Å²) in [5.74, 6) is -0.934. The molecule has 0 amide bonds. The zero-order valence-electron chi connectivity index (χ0n) is 9.18. The summed E-state index contributed by atoms with van der Waals surface area (Å²) >= 11 is 0. The third kappa shape index (κ3) is 3.56. The molecule has 0 atom stereocenters. The summed E-state index contributed by atoms with van der Waals surface area (Å²) in [6.07, 6.45) is -2.93. The highest BCUT2D eigenvalue weighted by Gasteiger charge is 2.33. The van der Waals surface area contributed by atoms with Gasteiger partial charge >= 0.3 is 6.18 Å². The van der Waals surface area contributed by atoms with E-state index in [0.29, 0.717) is 18.1 Å². The Labute approximate surface area is 96.4 Å². The molecular weight excluding hydrogens is 236 g/mol. The molecule has 1 nitrogen and oxygen atoms in total. The minimum atomic E-state index is -4.61. The van der Waals surface area contributed by atoms with E-state index in [0.717, 1.165) is 12.1 Å². The lowest BCUT2D eigenvalue weighted by atomic mass is 10.0. The van der Waals surface area contributed by atoms with E-state index in [4.69, 9.17) is 5.11 Å². The summed E-state index contributed by atoms with van der Waals surface area (Å²) in [6.45, 7) is 1.41. The maximum Gasteiger partial charge on any atom is 0.417 e. The second-order valence-corrected chi connectivity index (χ2v) is 3.54. The number of aliphatic hydroxyl groups excluding tert-OH is 1. The van der Waals surface area contributed by atoms with Gasteiger partial charge in [-0.1, -0.05) is 19.1 Å². The number of aliphatic hydroxyl groups is 1. The van der Waals surface area contributed by atoms with E-state index in [2.05, 4.69) is 0 Å². The van der Waals surface area contributed by atoms with Crippen molar-refractivity contribution in [3.63, 3.8) is 0 Å². The van der Waals surface area contributed by atoms with Gasteiger partial charge in [0.05, 0.1) is 12.2 Å². The summed E-state index contributed by atoms with van der Waals surface area (Å²) in [4.78, 5) is 0. The maximum absolute atomic E-state index is 12.8. The molecule has 0 fully saturated rings. The van der Waals surface area contributed by atoms with Gasteiger partial charge in [0.25, 0.3) is 0 Å². The van der Waals surface area contributed by atoms with E-state index in [9.17, 15) is 17.6 Å². The molecular formula is C12H12F4O. The largest absolute Gasteiger partial charge is 0.417 e. The molecule has 0 spiro atoms. The maximum atomic E-state index is 12.8. The van der Waals surface area contributed by atoms with Crippen LogP contribution < -0.4 is 0 Å². The molecule has 0 aliphatic heterocycles. The van der Waals surface area contributed by atoms with Crippen LogP contribution in [0.4, 0.5) is 17.6 Å². The van der Waals surface area contributed by atoms with Crippen LogP contribution in [0, 0.1) is 5.82 Å². The van der Waals surface area contributed by atoms with Crippen molar-refractivity contribution in [2.75, 3.05) is 6.61 Å². The molecule has 0 aliphatic carbocycles. The van der Waals surface area contributed by atoms with Gasteiger partial charge in [-0.25, -0.2) is 4.39 Å². The van der Waals surface area contributed by atoms with Crippen LogP contribution in [0.15, 0.2) is 23.8 Å². The van der Waals surface area contributed by atoms with E-state index in [-0.39, 0.29) is 12.2 Å². The van der Waals surface area contributed by atoms with Crippen LogP contribution in [0.5, 0.6) is 0 Å². The molecule has 0 bridgehead atoms. The van der Waals surface area contributed by atoms with Crippen molar-refractivity contribution in [1.29, 1.82) is 0 Å². The van der Waals surface area contributed by atoms with Crippen molar-refractivity contribution >= 4 is 6.08 Å². The number of hydrogen-bond donors (Lipinski definition) is 1. The van der Waals surface area contributed by atoms with Crippen LogP contribution in [0.1, 0.15) is 24.5 Å². The van der Waals surface area contributed by atoms with Gasteiger partial charge in [-0.15, -0.1) is 0 Å². The Kier molecular flexibility index (Phi) is 4.28. The Balaban J connectivity index is 3.29. The molecule has 5 heteroatoms. The first kappa shape index (κ1) is 13.7. The Morgan fingerprint density at radius 3 is 2.47 bits per heavy atom. The SMILES string of the molecule is CC/C(=C/c1ccc(F)cc1C(F)(F)F)CO. The van der Waals surface area contributed by atoms with Crippen molar-refractivity contribution in [2.24, 2.45) is 0 Å². The molecule has 0 aliphatic rings. The average molecular weight is 248 g/mol. The van der Waals surface area contributed by atoms with E-state index in [1.54, 1.807) is 6.92 Å². The van der Waals surface area contributed by atoms with Gasteiger partial charge in [-0.05, 0) is 29.7 Å². The number of alkyl halides is 3. The fourth-order valence-electron chi connectivity index (χ4n) is 1.38. The topological polar surface area (TPSA) is 20.2 Å². The van der Waals surface area contributed by atoms with Crippen molar-refractivity contribution < 1.29 is 22.7 Å². The van der Waals surface area contributed by atoms with Gasteiger partial charge in [0.1, 0.15) is 5.82 Å². The Morgan fingerprint density at radius 2 is 2.00 bits per heavy atom. The fourth-order valence-corrected chi connectivity index (χ4v) is 1.38. The molecule has 1 aromatic carbocycles. The molecule has 0 radical (unpaired) electrons. The predicted octanol–water partition coefficient (Wildman–Crippen LogP) is 3.63. The fraction of sp³-hybridized carbons (Fsp3) is 0.333.